The average Bonchev–Trinajstić information content (AvgIpc) is 2.99. The van der Waals surface area contributed by atoms with Crippen molar-refractivity contribution in [2.24, 2.45) is 0 Å². The number of aromatic nitrogens is 1. The van der Waals surface area contributed by atoms with E-state index in [1.165, 1.54) is 0 Å². The fraction of sp³-hybridized carbons (Fsp3) is 0.500. The molecule has 4 nitrogen and oxygen atoms in total. The van der Waals surface area contributed by atoms with E-state index in [1.807, 2.05) is 19.2 Å². The SMILES string of the molecule is CNc1cc(NC2(CO)CC2)ccn1. The third kappa shape index (κ3) is 1.80. The van der Waals surface area contributed by atoms with Crippen LogP contribution < -0.4 is 10.6 Å². The number of aliphatic hydroxyl groups is 1. The number of rotatable bonds is 4. The number of anilines is 2. The third-order valence-electron chi connectivity index (χ3n) is 2.58. The molecule has 1 heterocycles. The van der Waals surface area contributed by atoms with Crippen LogP contribution in [0.3, 0.4) is 0 Å². The van der Waals surface area contributed by atoms with Gasteiger partial charge in [0.2, 0.25) is 0 Å². The molecule has 0 bridgehead atoms. The Balaban J connectivity index is 2.09. The molecule has 1 fully saturated rings. The second-order valence-electron chi connectivity index (χ2n) is 3.74. The highest BCUT2D eigenvalue weighted by Crippen LogP contribution is 2.38. The minimum absolute atomic E-state index is 0.0631. The van der Waals surface area contributed by atoms with Gasteiger partial charge in [0.15, 0.2) is 0 Å². The molecule has 0 spiro atoms. The van der Waals surface area contributed by atoms with Gasteiger partial charge in [0.05, 0.1) is 12.1 Å². The van der Waals surface area contributed by atoms with Gasteiger partial charge >= 0.3 is 0 Å². The van der Waals surface area contributed by atoms with Crippen molar-refractivity contribution in [3.63, 3.8) is 0 Å². The van der Waals surface area contributed by atoms with Gasteiger partial charge in [0.25, 0.3) is 0 Å². The Hall–Kier alpha value is -1.29. The van der Waals surface area contributed by atoms with Crippen LogP contribution in [0, 0.1) is 0 Å². The second kappa shape index (κ2) is 3.46. The van der Waals surface area contributed by atoms with Crippen molar-refractivity contribution in [1.82, 2.24) is 4.98 Å². The number of hydrogen-bond donors (Lipinski definition) is 3. The summed E-state index contributed by atoms with van der Waals surface area (Å²) < 4.78 is 0. The maximum Gasteiger partial charge on any atom is 0.127 e. The number of pyridine rings is 1. The Morgan fingerprint density at radius 1 is 1.57 bits per heavy atom. The van der Waals surface area contributed by atoms with Gasteiger partial charge < -0.3 is 15.7 Å². The van der Waals surface area contributed by atoms with Crippen molar-refractivity contribution < 1.29 is 5.11 Å². The lowest BCUT2D eigenvalue weighted by molar-refractivity contribution is 0.266. The maximum atomic E-state index is 9.15. The van der Waals surface area contributed by atoms with E-state index in [4.69, 9.17) is 5.11 Å². The van der Waals surface area contributed by atoms with Crippen LogP contribution in [0.1, 0.15) is 12.8 Å². The summed E-state index contributed by atoms with van der Waals surface area (Å²) in [6.45, 7) is 0.199. The van der Waals surface area contributed by atoms with Crippen LogP contribution in [0.5, 0.6) is 0 Å². The lowest BCUT2D eigenvalue weighted by Gasteiger charge is -2.16. The van der Waals surface area contributed by atoms with Gasteiger partial charge in [-0.25, -0.2) is 4.98 Å². The van der Waals surface area contributed by atoms with Crippen LogP contribution in [-0.2, 0) is 0 Å². The molecule has 0 aromatic carbocycles. The number of aliphatic hydroxyl groups excluding tert-OH is 1. The molecule has 1 aliphatic rings. The predicted molar refractivity (Wildman–Crippen MR) is 56.5 cm³/mol. The first-order chi connectivity index (χ1) is 6.78. The monoisotopic (exact) mass is 193 g/mol. The van der Waals surface area contributed by atoms with Gasteiger partial charge in [-0.2, -0.15) is 0 Å². The van der Waals surface area contributed by atoms with Gasteiger partial charge in [-0.1, -0.05) is 0 Å². The van der Waals surface area contributed by atoms with Crippen molar-refractivity contribution in [3.8, 4) is 0 Å². The average molecular weight is 193 g/mol. The highest BCUT2D eigenvalue weighted by molar-refractivity contribution is 5.54. The number of nitrogens with one attached hydrogen (secondary N) is 2. The summed E-state index contributed by atoms with van der Waals surface area (Å²) in [5.41, 5.74) is 0.947. The molecule has 14 heavy (non-hydrogen) atoms. The molecular formula is C10H15N3O. The fourth-order valence-electron chi connectivity index (χ4n) is 1.42. The van der Waals surface area contributed by atoms with E-state index < -0.39 is 0 Å². The molecule has 1 aromatic rings. The van der Waals surface area contributed by atoms with Crippen molar-refractivity contribution in [2.75, 3.05) is 24.3 Å². The van der Waals surface area contributed by atoms with Crippen LogP contribution in [-0.4, -0.2) is 29.3 Å². The highest BCUT2D eigenvalue weighted by Gasteiger charge is 2.41. The Bertz CT molecular complexity index is 323. The van der Waals surface area contributed by atoms with Gasteiger partial charge in [-0.3, -0.25) is 0 Å². The molecule has 2 rings (SSSR count). The predicted octanol–water partition coefficient (Wildman–Crippen LogP) is 1.06. The molecule has 0 aliphatic heterocycles. The molecule has 3 N–H and O–H groups in total. The minimum atomic E-state index is -0.0631. The van der Waals surface area contributed by atoms with Crippen molar-refractivity contribution in [2.45, 2.75) is 18.4 Å². The molecule has 1 aromatic heterocycles. The smallest absolute Gasteiger partial charge is 0.127 e. The molecule has 0 amide bonds. The summed E-state index contributed by atoms with van der Waals surface area (Å²) in [6, 6.07) is 3.85. The quantitative estimate of drug-likeness (QED) is 0.669. The van der Waals surface area contributed by atoms with Gasteiger partial charge in [0.1, 0.15) is 5.82 Å². The third-order valence-corrected chi connectivity index (χ3v) is 2.58. The summed E-state index contributed by atoms with van der Waals surface area (Å²) in [5.74, 6) is 0.837. The summed E-state index contributed by atoms with van der Waals surface area (Å²) in [5, 5.41) is 15.5. The van der Waals surface area contributed by atoms with Crippen LogP contribution in [0.25, 0.3) is 0 Å². The van der Waals surface area contributed by atoms with Crippen LogP contribution in [0.2, 0.25) is 0 Å². The molecule has 0 atom stereocenters. The summed E-state index contributed by atoms with van der Waals surface area (Å²) in [6.07, 6.45) is 3.84. The minimum Gasteiger partial charge on any atom is -0.394 e. The van der Waals surface area contributed by atoms with Crippen molar-refractivity contribution >= 4 is 11.5 Å². The van der Waals surface area contributed by atoms with E-state index in [0.29, 0.717) is 0 Å². The molecule has 4 heteroatoms. The Labute approximate surface area is 83.4 Å². The lowest BCUT2D eigenvalue weighted by Crippen LogP contribution is -2.25. The standard InChI is InChI=1S/C10H15N3O/c1-11-9-6-8(2-5-12-9)13-10(7-14)3-4-10/h2,5-6,14H,3-4,7H2,1H3,(H2,11,12,13). The van der Waals surface area contributed by atoms with Crippen molar-refractivity contribution in [3.05, 3.63) is 18.3 Å². The van der Waals surface area contributed by atoms with E-state index in [1.54, 1.807) is 6.20 Å². The molecule has 1 aliphatic carbocycles. The van der Waals surface area contributed by atoms with E-state index in [0.717, 1.165) is 24.3 Å². The maximum absolute atomic E-state index is 9.15. The first kappa shape index (κ1) is 9.27. The number of nitrogens with zero attached hydrogens (tertiary/aromatic N) is 1. The zero-order valence-electron chi connectivity index (χ0n) is 8.25. The molecule has 0 radical (unpaired) electrons. The van der Waals surface area contributed by atoms with E-state index in [2.05, 4.69) is 15.6 Å². The zero-order valence-corrected chi connectivity index (χ0v) is 8.25. The fourth-order valence-corrected chi connectivity index (χ4v) is 1.42. The largest absolute Gasteiger partial charge is 0.394 e. The summed E-state index contributed by atoms with van der Waals surface area (Å²) in [4.78, 5) is 4.12. The van der Waals surface area contributed by atoms with Crippen LogP contribution in [0.4, 0.5) is 11.5 Å². The Kier molecular flexibility index (Phi) is 2.29. The summed E-state index contributed by atoms with van der Waals surface area (Å²) >= 11 is 0. The Morgan fingerprint density at radius 3 is 2.93 bits per heavy atom. The van der Waals surface area contributed by atoms with Crippen molar-refractivity contribution in [1.29, 1.82) is 0 Å². The first-order valence-corrected chi connectivity index (χ1v) is 4.81. The van der Waals surface area contributed by atoms with Gasteiger partial charge in [-0.15, -0.1) is 0 Å². The van der Waals surface area contributed by atoms with Crippen LogP contribution >= 0.6 is 0 Å². The molecule has 0 unspecified atom stereocenters. The van der Waals surface area contributed by atoms with E-state index in [9.17, 15) is 0 Å². The first-order valence-electron chi connectivity index (χ1n) is 4.81. The van der Waals surface area contributed by atoms with E-state index in [-0.39, 0.29) is 12.1 Å². The van der Waals surface area contributed by atoms with Gasteiger partial charge in [0, 0.05) is 25.0 Å². The second-order valence-corrected chi connectivity index (χ2v) is 3.74. The molecular weight excluding hydrogens is 178 g/mol. The summed E-state index contributed by atoms with van der Waals surface area (Å²) in [7, 11) is 1.84. The zero-order chi connectivity index (χ0) is 10.0. The topological polar surface area (TPSA) is 57.2 Å². The van der Waals surface area contributed by atoms with Gasteiger partial charge in [-0.05, 0) is 18.9 Å². The molecule has 76 valence electrons. The molecule has 0 saturated heterocycles. The van der Waals surface area contributed by atoms with Crippen LogP contribution in [0.15, 0.2) is 18.3 Å². The Morgan fingerprint density at radius 2 is 2.36 bits per heavy atom. The molecule has 1 saturated carbocycles. The highest BCUT2D eigenvalue weighted by atomic mass is 16.3. The number of hydrogen-bond acceptors (Lipinski definition) is 4. The normalized spacial score (nSPS) is 17.6. The lowest BCUT2D eigenvalue weighted by atomic mass is 10.2. The van der Waals surface area contributed by atoms with E-state index >= 15 is 0 Å².